The first-order chi connectivity index (χ1) is 8.67. The van der Waals surface area contributed by atoms with Crippen LogP contribution in [0.25, 0.3) is 10.2 Å². The fourth-order valence-corrected chi connectivity index (χ4v) is 2.83. The quantitative estimate of drug-likeness (QED) is 0.875. The summed E-state index contributed by atoms with van der Waals surface area (Å²) in [6.45, 7) is 3.34. The molecular formula is C12H16N2O3S. The number of hydrogen-bond donors (Lipinski definition) is 1. The third-order valence-corrected chi connectivity index (χ3v) is 3.85. The van der Waals surface area contributed by atoms with E-state index < -0.39 is 5.97 Å². The summed E-state index contributed by atoms with van der Waals surface area (Å²) in [5.41, 5.74) is 0.812. The van der Waals surface area contributed by atoms with E-state index in [-0.39, 0.29) is 0 Å². The maximum absolute atomic E-state index is 11.0. The summed E-state index contributed by atoms with van der Waals surface area (Å²) in [6, 6.07) is 1.69. The second kappa shape index (κ2) is 5.49. The van der Waals surface area contributed by atoms with Crippen molar-refractivity contribution in [1.82, 2.24) is 9.78 Å². The molecule has 0 radical (unpaired) electrons. The van der Waals surface area contributed by atoms with E-state index in [1.54, 1.807) is 13.2 Å². The highest BCUT2D eigenvalue weighted by Crippen LogP contribution is 2.29. The number of fused-ring (bicyclic) bond motifs is 1. The minimum Gasteiger partial charge on any atom is -0.477 e. The van der Waals surface area contributed by atoms with Gasteiger partial charge in [-0.3, -0.25) is 4.68 Å². The van der Waals surface area contributed by atoms with Crippen molar-refractivity contribution < 1.29 is 14.6 Å². The van der Waals surface area contributed by atoms with E-state index in [1.807, 2.05) is 4.68 Å². The molecule has 0 aliphatic carbocycles. The highest BCUT2D eigenvalue weighted by Gasteiger charge is 2.17. The Morgan fingerprint density at radius 3 is 3.00 bits per heavy atom. The van der Waals surface area contributed by atoms with Gasteiger partial charge in [-0.15, -0.1) is 11.3 Å². The highest BCUT2D eigenvalue weighted by molar-refractivity contribution is 7.20. The maximum Gasteiger partial charge on any atom is 0.345 e. The van der Waals surface area contributed by atoms with Crippen molar-refractivity contribution in [2.75, 3.05) is 7.11 Å². The molecule has 98 valence electrons. The molecule has 2 aromatic heterocycles. The molecule has 0 saturated heterocycles. The fourth-order valence-electron chi connectivity index (χ4n) is 1.83. The van der Waals surface area contributed by atoms with Gasteiger partial charge in [-0.1, -0.05) is 13.3 Å². The van der Waals surface area contributed by atoms with Crippen molar-refractivity contribution in [3.63, 3.8) is 0 Å². The number of ether oxygens (including phenoxy) is 1. The summed E-state index contributed by atoms with van der Waals surface area (Å²) >= 11 is 1.27. The van der Waals surface area contributed by atoms with Gasteiger partial charge in [0.2, 0.25) is 0 Å². The molecule has 0 aliphatic heterocycles. The SMILES string of the molecule is CCCCn1nc(COC)c2cc(C(=O)O)sc21. The van der Waals surface area contributed by atoms with E-state index in [0.717, 1.165) is 35.3 Å². The standard InChI is InChI=1S/C12H16N2O3S/c1-3-4-5-14-11-8(9(13-14)7-17-2)6-10(18-11)12(15)16/h6H,3-5,7H2,1-2H3,(H,15,16). The third-order valence-electron chi connectivity index (χ3n) is 2.71. The number of aromatic nitrogens is 2. The predicted octanol–water partition coefficient (Wildman–Crippen LogP) is 2.74. The summed E-state index contributed by atoms with van der Waals surface area (Å²) < 4.78 is 7.00. The Morgan fingerprint density at radius 1 is 1.61 bits per heavy atom. The molecule has 0 bridgehead atoms. The smallest absolute Gasteiger partial charge is 0.345 e. The number of aryl methyl sites for hydroxylation is 1. The van der Waals surface area contributed by atoms with Gasteiger partial charge in [-0.05, 0) is 12.5 Å². The van der Waals surface area contributed by atoms with Crippen molar-refractivity contribution >= 4 is 27.5 Å². The van der Waals surface area contributed by atoms with Crippen LogP contribution in [0.2, 0.25) is 0 Å². The monoisotopic (exact) mass is 268 g/mol. The molecule has 2 rings (SSSR count). The van der Waals surface area contributed by atoms with Crippen LogP contribution in [0.4, 0.5) is 0 Å². The Balaban J connectivity index is 2.45. The normalized spacial score (nSPS) is 11.2. The van der Waals surface area contributed by atoms with Crippen LogP contribution in [0.1, 0.15) is 35.1 Å². The topological polar surface area (TPSA) is 64.4 Å². The van der Waals surface area contributed by atoms with Crippen molar-refractivity contribution in [2.24, 2.45) is 0 Å². The lowest BCUT2D eigenvalue weighted by molar-refractivity contribution is 0.0702. The van der Waals surface area contributed by atoms with E-state index in [0.29, 0.717) is 11.5 Å². The van der Waals surface area contributed by atoms with Crippen LogP contribution in [0.3, 0.4) is 0 Å². The van der Waals surface area contributed by atoms with Crippen molar-refractivity contribution in [1.29, 1.82) is 0 Å². The predicted molar refractivity (Wildman–Crippen MR) is 70.2 cm³/mol. The molecule has 0 amide bonds. The van der Waals surface area contributed by atoms with E-state index in [4.69, 9.17) is 9.84 Å². The Bertz CT molecular complexity index is 559. The number of carbonyl (C=O) groups is 1. The van der Waals surface area contributed by atoms with Gasteiger partial charge in [-0.2, -0.15) is 5.10 Å². The molecule has 2 heterocycles. The van der Waals surface area contributed by atoms with E-state index >= 15 is 0 Å². The van der Waals surface area contributed by atoms with Crippen LogP contribution in [-0.2, 0) is 17.9 Å². The van der Waals surface area contributed by atoms with Crippen LogP contribution in [-0.4, -0.2) is 28.0 Å². The Kier molecular flexibility index (Phi) is 3.98. The molecule has 0 aromatic carbocycles. The fraction of sp³-hybridized carbons (Fsp3) is 0.500. The first-order valence-corrected chi connectivity index (χ1v) is 6.70. The van der Waals surface area contributed by atoms with Crippen LogP contribution in [0, 0.1) is 0 Å². The van der Waals surface area contributed by atoms with Gasteiger partial charge in [0.1, 0.15) is 9.71 Å². The molecule has 1 N–H and O–H groups in total. The lowest BCUT2D eigenvalue weighted by atomic mass is 10.3. The second-order valence-corrected chi connectivity index (χ2v) is 5.12. The average Bonchev–Trinajstić information content (AvgIpc) is 2.88. The summed E-state index contributed by atoms with van der Waals surface area (Å²) in [6.07, 6.45) is 2.11. The average molecular weight is 268 g/mol. The molecule has 0 saturated carbocycles. The molecular weight excluding hydrogens is 252 g/mol. The minimum absolute atomic E-state index is 0.352. The second-order valence-electron chi connectivity index (χ2n) is 4.09. The van der Waals surface area contributed by atoms with Gasteiger partial charge in [0.15, 0.2) is 0 Å². The Labute approximate surface area is 109 Å². The zero-order valence-corrected chi connectivity index (χ0v) is 11.3. The van der Waals surface area contributed by atoms with E-state index in [1.165, 1.54) is 11.3 Å². The summed E-state index contributed by atoms with van der Waals surface area (Å²) in [5.74, 6) is -0.887. The molecule has 0 fully saturated rings. The first-order valence-electron chi connectivity index (χ1n) is 5.88. The van der Waals surface area contributed by atoms with E-state index in [2.05, 4.69) is 12.0 Å². The Morgan fingerprint density at radius 2 is 2.39 bits per heavy atom. The first kappa shape index (κ1) is 13.0. The summed E-state index contributed by atoms with van der Waals surface area (Å²) in [5, 5.41) is 14.4. The number of hydrogen-bond acceptors (Lipinski definition) is 4. The number of carboxylic acid groups (broad SMARTS) is 1. The number of carboxylic acids is 1. The lowest BCUT2D eigenvalue weighted by Gasteiger charge is -1.99. The minimum atomic E-state index is -0.887. The molecule has 5 nitrogen and oxygen atoms in total. The zero-order chi connectivity index (χ0) is 13.1. The molecule has 2 aromatic rings. The Hall–Kier alpha value is -1.40. The zero-order valence-electron chi connectivity index (χ0n) is 10.5. The number of aromatic carboxylic acids is 1. The van der Waals surface area contributed by atoms with Gasteiger partial charge in [0, 0.05) is 19.0 Å². The molecule has 18 heavy (non-hydrogen) atoms. The van der Waals surface area contributed by atoms with Crippen molar-refractivity contribution in [3.8, 4) is 0 Å². The number of thiophene rings is 1. The number of unbranched alkanes of at least 4 members (excludes halogenated alkanes) is 1. The number of nitrogens with zero attached hydrogens (tertiary/aromatic N) is 2. The maximum atomic E-state index is 11.0. The van der Waals surface area contributed by atoms with Crippen LogP contribution < -0.4 is 0 Å². The molecule has 0 unspecified atom stereocenters. The molecule has 6 heteroatoms. The van der Waals surface area contributed by atoms with E-state index in [9.17, 15) is 4.79 Å². The molecule has 0 aliphatic rings. The van der Waals surface area contributed by atoms with Crippen LogP contribution >= 0.6 is 11.3 Å². The van der Waals surface area contributed by atoms with Gasteiger partial charge >= 0.3 is 5.97 Å². The van der Waals surface area contributed by atoms with Crippen LogP contribution in [0.15, 0.2) is 6.07 Å². The molecule has 0 atom stereocenters. The van der Waals surface area contributed by atoms with Crippen LogP contribution in [0.5, 0.6) is 0 Å². The lowest BCUT2D eigenvalue weighted by Crippen LogP contribution is -2.00. The van der Waals surface area contributed by atoms with Gasteiger partial charge in [-0.25, -0.2) is 4.79 Å². The van der Waals surface area contributed by atoms with Gasteiger partial charge in [0.05, 0.1) is 12.3 Å². The van der Waals surface area contributed by atoms with Crippen molar-refractivity contribution in [3.05, 3.63) is 16.6 Å². The third kappa shape index (κ3) is 2.39. The highest BCUT2D eigenvalue weighted by atomic mass is 32.1. The number of rotatable bonds is 6. The summed E-state index contributed by atoms with van der Waals surface area (Å²) in [4.78, 5) is 12.3. The van der Waals surface area contributed by atoms with Gasteiger partial charge < -0.3 is 9.84 Å². The number of methoxy groups -OCH3 is 1. The van der Waals surface area contributed by atoms with Gasteiger partial charge in [0.25, 0.3) is 0 Å². The summed E-state index contributed by atoms with van der Waals surface area (Å²) in [7, 11) is 1.61. The molecule has 0 spiro atoms. The largest absolute Gasteiger partial charge is 0.477 e. The van der Waals surface area contributed by atoms with Crippen molar-refractivity contribution in [2.45, 2.75) is 32.9 Å².